The maximum Gasteiger partial charge on any atom is 0.261 e. The van der Waals surface area contributed by atoms with Gasteiger partial charge in [-0.15, -0.1) is 0 Å². The van der Waals surface area contributed by atoms with Crippen LogP contribution in [0.25, 0.3) is 0 Å². The zero-order valence-electron chi connectivity index (χ0n) is 17.3. The number of hydrogen-bond acceptors (Lipinski definition) is 3. The number of carbonyl (C=O) groups excluding carboxylic acids is 1. The predicted octanol–water partition coefficient (Wildman–Crippen LogP) is 4.37. The fourth-order valence-electron chi connectivity index (χ4n) is 3.59. The van der Waals surface area contributed by atoms with Gasteiger partial charge in [-0.2, -0.15) is 0 Å². The molecule has 1 heterocycles. The van der Waals surface area contributed by atoms with Crippen molar-refractivity contribution in [1.29, 1.82) is 0 Å². The minimum absolute atomic E-state index is 0.0975. The van der Waals surface area contributed by atoms with Gasteiger partial charge in [0, 0.05) is 13.1 Å². The van der Waals surface area contributed by atoms with E-state index in [0.29, 0.717) is 6.54 Å². The van der Waals surface area contributed by atoms with E-state index < -0.39 is 6.10 Å². The number of aryl methyl sites for hydroxylation is 2. The van der Waals surface area contributed by atoms with Crippen LogP contribution in [0.3, 0.4) is 0 Å². The maximum absolute atomic E-state index is 12.4. The molecule has 28 heavy (non-hydrogen) atoms. The second-order valence-corrected chi connectivity index (χ2v) is 7.88. The summed E-state index contributed by atoms with van der Waals surface area (Å²) in [6.45, 7) is 9.79. The molecule has 2 aromatic rings. The van der Waals surface area contributed by atoms with Gasteiger partial charge in [0.25, 0.3) is 5.91 Å². The van der Waals surface area contributed by atoms with Gasteiger partial charge in [0.05, 0.1) is 0 Å². The second-order valence-electron chi connectivity index (χ2n) is 7.88. The standard InChI is InChI=1S/C24H32N2O2/c1-18-10-11-23(14-19(18)2)28-20(3)24(27)25-16-21-8-7-9-22(15-21)17-26-12-5-4-6-13-26/h7-11,14-15,20H,4-6,12-13,16-17H2,1-3H3,(H,25,27)/t20-/m1/s1. The molecule has 3 rings (SSSR count). The fraction of sp³-hybridized carbons (Fsp3) is 0.458. The van der Waals surface area contributed by atoms with Crippen LogP contribution in [0.4, 0.5) is 0 Å². The van der Waals surface area contributed by atoms with Crippen LogP contribution < -0.4 is 10.1 Å². The summed E-state index contributed by atoms with van der Waals surface area (Å²) in [6, 6.07) is 14.4. The number of benzene rings is 2. The number of likely N-dealkylation sites (tertiary alicyclic amines) is 1. The molecule has 4 nitrogen and oxygen atoms in total. The Balaban J connectivity index is 1.50. The summed E-state index contributed by atoms with van der Waals surface area (Å²) in [4.78, 5) is 14.9. The first-order valence-electron chi connectivity index (χ1n) is 10.3. The normalized spacial score (nSPS) is 15.8. The van der Waals surface area contributed by atoms with Gasteiger partial charge in [-0.25, -0.2) is 0 Å². The Morgan fingerprint density at radius 2 is 1.79 bits per heavy atom. The lowest BCUT2D eigenvalue weighted by atomic mass is 10.1. The minimum Gasteiger partial charge on any atom is -0.481 e. The van der Waals surface area contributed by atoms with E-state index in [1.807, 2.05) is 25.1 Å². The van der Waals surface area contributed by atoms with E-state index in [9.17, 15) is 4.79 Å². The van der Waals surface area contributed by atoms with Crippen LogP contribution in [0.5, 0.6) is 5.75 Å². The number of nitrogens with one attached hydrogen (secondary N) is 1. The van der Waals surface area contributed by atoms with E-state index in [2.05, 4.69) is 41.4 Å². The van der Waals surface area contributed by atoms with Crippen LogP contribution >= 0.6 is 0 Å². The predicted molar refractivity (Wildman–Crippen MR) is 113 cm³/mol. The van der Waals surface area contributed by atoms with E-state index in [1.54, 1.807) is 6.92 Å². The topological polar surface area (TPSA) is 41.6 Å². The Morgan fingerprint density at radius 3 is 2.54 bits per heavy atom. The molecule has 1 atom stereocenters. The zero-order chi connectivity index (χ0) is 19.9. The van der Waals surface area contributed by atoms with Crippen molar-refractivity contribution in [2.45, 2.75) is 59.2 Å². The molecular weight excluding hydrogens is 348 g/mol. The Morgan fingerprint density at radius 1 is 1.04 bits per heavy atom. The lowest BCUT2D eigenvalue weighted by Gasteiger charge is -2.26. The highest BCUT2D eigenvalue weighted by atomic mass is 16.5. The van der Waals surface area contributed by atoms with Crippen LogP contribution in [-0.4, -0.2) is 30.0 Å². The summed E-state index contributed by atoms with van der Waals surface area (Å²) >= 11 is 0. The minimum atomic E-state index is -0.529. The maximum atomic E-state index is 12.4. The molecule has 0 bridgehead atoms. The van der Waals surface area contributed by atoms with Gasteiger partial charge in [0.2, 0.25) is 0 Å². The van der Waals surface area contributed by atoms with E-state index >= 15 is 0 Å². The van der Waals surface area contributed by atoms with Crippen LogP contribution in [0, 0.1) is 13.8 Å². The van der Waals surface area contributed by atoms with Crippen molar-refractivity contribution in [3.63, 3.8) is 0 Å². The molecule has 1 aliphatic heterocycles. The molecule has 1 saturated heterocycles. The monoisotopic (exact) mass is 380 g/mol. The van der Waals surface area contributed by atoms with Gasteiger partial charge < -0.3 is 10.1 Å². The highest BCUT2D eigenvalue weighted by molar-refractivity contribution is 5.80. The van der Waals surface area contributed by atoms with E-state index in [4.69, 9.17) is 4.74 Å². The van der Waals surface area contributed by atoms with Crippen molar-refractivity contribution in [1.82, 2.24) is 10.2 Å². The molecular formula is C24H32N2O2. The SMILES string of the molecule is Cc1ccc(O[C@H](C)C(=O)NCc2cccc(CN3CCCCC3)c2)cc1C. The largest absolute Gasteiger partial charge is 0.481 e. The Kier molecular flexibility index (Phi) is 7.10. The molecule has 150 valence electrons. The van der Waals surface area contributed by atoms with Crippen LogP contribution in [0.15, 0.2) is 42.5 Å². The highest BCUT2D eigenvalue weighted by Gasteiger charge is 2.15. The van der Waals surface area contributed by atoms with E-state index in [1.165, 1.54) is 43.5 Å². The van der Waals surface area contributed by atoms with E-state index in [-0.39, 0.29) is 5.91 Å². The third kappa shape index (κ3) is 5.83. The fourth-order valence-corrected chi connectivity index (χ4v) is 3.59. The van der Waals surface area contributed by atoms with Crippen LogP contribution in [0.2, 0.25) is 0 Å². The van der Waals surface area contributed by atoms with Crippen molar-refractivity contribution < 1.29 is 9.53 Å². The third-order valence-corrected chi connectivity index (χ3v) is 5.47. The number of ether oxygens (including phenoxy) is 1. The van der Waals surface area contributed by atoms with Crippen molar-refractivity contribution in [2.24, 2.45) is 0 Å². The van der Waals surface area contributed by atoms with Gasteiger partial charge in [-0.1, -0.05) is 36.8 Å². The highest BCUT2D eigenvalue weighted by Crippen LogP contribution is 2.18. The van der Waals surface area contributed by atoms with Gasteiger partial charge in [0.15, 0.2) is 6.10 Å². The molecule has 0 saturated carbocycles. The summed E-state index contributed by atoms with van der Waals surface area (Å²) < 4.78 is 5.81. The molecule has 1 aliphatic rings. The number of rotatable bonds is 7. The third-order valence-electron chi connectivity index (χ3n) is 5.47. The zero-order valence-corrected chi connectivity index (χ0v) is 17.3. The second kappa shape index (κ2) is 9.74. The molecule has 1 fully saturated rings. The molecule has 0 aliphatic carbocycles. The lowest BCUT2D eigenvalue weighted by Crippen LogP contribution is -2.36. The Hall–Kier alpha value is -2.33. The van der Waals surface area contributed by atoms with Gasteiger partial charge in [-0.3, -0.25) is 9.69 Å². The van der Waals surface area contributed by atoms with Crippen LogP contribution in [0.1, 0.15) is 48.4 Å². The molecule has 0 radical (unpaired) electrons. The molecule has 4 heteroatoms. The molecule has 1 amide bonds. The number of nitrogens with zero attached hydrogens (tertiary/aromatic N) is 1. The average molecular weight is 381 g/mol. The molecule has 0 aromatic heterocycles. The van der Waals surface area contributed by atoms with Crippen molar-refractivity contribution in [2.75, 3.05) is 13.1 Å². The van der Waals surface area contributed by atoms with Crippen molar-refractivity contribution in [3.8, 4) is 5.75 Å². The molecule has 0 unspecified atom stereocenters. The molecule has 2 aromatic carbocycles. The quantitative estimate of drug-likeness (QED) is 0.775. The Labute approximate surface area is 168 Å². The van der Waals surface area contributed by atoms with Crippen LogP contribution in [-0.2, 0) is 17.9 Å². The molecule has 1 N–H and O–H groups in total. The lowest BCUT2D eigenvalue weighted by molar-refractivity contribution is -0.127. The van der Waals surface area contributed by atoms with Crippen molar-refractivity contribution in [3.05, 3.63) is 64.7 Å². The first-order chi connectivity index (χ1) is 13.5. The average Bonchev–Trinajstić information content (AvgIpc) is 2.70. The summed E-state index contributed by atoms with van der Waals surface area (Å²) in [7, 11) is 0. The smallest absolute Gasteiger partial charge is 0.261 e. The number of carbonyl (C=O) groups is 1. The summed E-state index contributed by atoms with van der Waals surface area (Å²) in [6.07, 6.45) is 3.42. The Bertz CT molecular complexity index is 797. The first-order valence-corrected chi connectivity index (χ1v) is 10.3. The number of piperidine rings is 1. The number of hydrogen-bond donors (Lipinski definition) is 1. The van der Waals surface area contributed by atoms with Gasteiger partial charge in [-0.05, 0) is 81.1 Å². The summed E-state index contributed by atoms with van der Waals surface area (Å²) in [5, 5.41) is 3.00. The van der Waals surface area contributed by atoms with Gasteiger partial charge in [0.1, 0.15) is 5.75 Å². The van der Waals surface area contributed by atoms with Crippen molar-refractivity contribution >= 4 is 5.91 Å². The summed E-state index contributed by atoms with van der Waals surface area (Å²) in [5.74, 6) is 0.633. The van der Waals surface area contributed by atoms with Gasteiger partial charge >= 0.3 is 0 Å². The first kappa shape index (κ1) is 20.4. The summed E-state index contributed by atoms with van der Waals surface area (Å²) in [5.41, 5.74) is 4.82. The molecule has 0 spiro atoms. The van der Waals surface area contributed by atoms with E-state index in [0.717, 1.165) is 23.4 Å². The number of amides is 1.